The number of carbonyl (C=O) groups is 1. The average Bonchev–Trinajstić information content (AvgIpc) is 3.02. The number of nitrogens with two attached hydrogens (primary N) is 1. The summed E-state index contributed by atoms with van der Waals surface area (Å²) < 4.78 is 11.5. The minimum Gasteiger partial charge on any atom is -0.489 e. The first-order valence-electron chi connectivity index (χ1n) is 11.3. The molecule has 0 saturated heterocycles. The van der Waals surface area contributed by atoms with Crippen LogP contribution < -0.4 is 20.5 Å². The SMILES string of the molecule is CC(C)CN(Cc1cc(Cl)c2c(c1)OCCCO2)C(=O)C(C)CNC(N)c1ccccc1. The third kappa shape index (κ3) is 6.61. The zero-order valence-corrected chi connectivity index (χ0v) is 19.9. The third-order valence-corrected chi connectivity index (χ3v) is 5.64. The second-order valence-corrected chi connectivity index (χ2v) is 9.17. The van der Waals surface area contributed by atoms with E-state index in [1.165, 1.54) is 0 Å². The molecule has 0 aromatic heterocycles. The van der Waals surface area contributed by atoms with E-state index in [1.54, 1.807) is 0 Å². The van der Waals surface area contributed by atoms with Crippen LogP contribution in [0.4, 0.5) is 0 Å². The molecule has 6 nitrogen and oxygen atoms in total. The molecule has 0 saturated carbocycles. The third-order valence-electron chi connectivity index (χ3n) is 5.36. The van der Waals surface area contributed by atoms with Gasteiger partial charge in [-0.05, 0) is 29.2 Å². The largest absolute Gasteiger partial charge is 0.489 e. The van der Waals surface area contributed by atoms with E-state index in [4.69, 9.17) is 26.8 Å². The van der Waals surface area contributed by atoms with E-state index < -0.39 is 0 Å². The summed E-state index contributed by atoms with van der Waals surface area (Å²) in [6, 6.07) is 13.6. The monoisotopic (exact) mass is 459 g/mol. The highest BCUT2D eigenvalue weighted by Crippen LogP contribution is 2.38. The fourth-order valence-corrected chi connectivity index (χ4v) is 4.04. The molecule has 2 unspecified atom stereocenters. The van der Waals surface area contributed by atoms with Gasteiger partial charge < -0.3 is 20.1 Å². The highest BCUT2D eigenvalue weighted by atomic mass is 35.5. The number of nitrogens with one attached hydrogen (secondary N) is 1. The molecule has 0 spiro atoms. The Kier molecular flexibility index (Phi) is 8.79. The number of carbonyl (C=O) groups excluding carboxylic acids is 1. The molecule has 0 fully saturated rings. The van der Waals surface area contributed by atoms with E-state index in [9.17, 15) is 4.79 Å². The lowest BCUT2D eigenvalue weighted by Gasteiger charge is -2.28. The second kappa shape index (κ2) is 11.5. The molecule has 7 heteroatoms. The predicted molar refractivity (Wildman–Crippen MR) is 128 cm³/mol. The summed E-state index contributed by atoms with van der Waals surface area (Å²) in [6.45, 7) is 8.92. The standard InChI is InChI=1S/C25H34ClN3O3/c1-17(2)15-29(16-19-12-21(26)23-22(13-19)31-10-7-11-32-23)25(30)18(3)14-28-24(27)20-8-5-4-6-9-20/h4-6,8-9,12-13,17-18,24,28H,7,10-11,14-16,27H2,1-3H3. The topological polar surface area (TPSA) is 76.8 Å². The number of hydrogen-bond acceptors (Lipinski definition) is 5. The Morgan fingerprint density at radius 3 is 2.59 bits per heavy atom. The van der Waals surface area contributed by atoms with Gasteiger partial charge in [-0.25, -0.2) is 0 Å². The zero-order chi connectivity index (χ0) is 23.1. The Morgan fingerprint density at radius 1 is 1.16 bits per heavy atom. The maximum Gasteiger partial charge on any atom is 0.226 e. The molecule has 3 rings (SSSR count). The van der Waals surface area contributed by atoms with E-state index in [0.717, 1.165) is 17.5 Å². The number of fused-ring (bicyclic) bond motifs is 1. The predicted octanol–water partition coefficient (Wildman–Crippen LogP) is 4.37. The van der Waals surface area contributed by atoms with Crippen LogP contribution in [0.5, 0.6) is 11.5 Å². The molecule has 1 amide bonds. The molecular formula is C25H34ClN3O3. The summed E-state index contributed by atoms with van der Waals surface area (Å²) >= 11 is 6.46. The van der Waals surface area contributed by atoms with Crippen molar-refractivity contribution in [2.24, 2.45) is 17.6 Å². The Morgan fingerprint density at radius 2 is 1.88 bits per heavy atom. The Balaban J connectivity index is 1.68. The fourth-order valence-electron chi connectivity index (χ4n) is 3.75. The van der Waals surface area contributed by atoms with Gasteiger partial charge in [0.05, 0.1) is 24.4 Å². The van der Waals surface area contributed by atoms with Gasteiger partial charge in [-0.2, -0.15) is 0 Å². The Labute approximate surface area is 196 Å². The number of halogens is 1. The van der Waals surface area contributed by atoms with Crippen LogP contribution in [0.25, 0.3) is 0 Å². The van der Waals surface area contributed by atoms with Crippen LogP contribution in [0.1, 0.15) is 44.5 Å². The molecule has 0 bridgehead atoms. The molecular weight excluding hydrogens is 426 g/mol. The van der Waals surface area contributed by atoms with Gasteiger partial charge in [0.1, 0.15) is 0 Å². The lowest BCUT2D eigenvalue weighted by Crippen LogP contribution is -2.42. The van der Waals surface area contributed by atoms with E-state index in [0.29, 0.717) is 55.3 Å². The molecule has 0 aliphatic carbocycles. The maximum atomic E-state index is 13.3. The maximum absolute atomic E-state index is 13.3. The van der Waals surface area contributed by atoms with Gasteiger partial charge >= 0.3 is 0 Å². The normalized spacial score (nSPS) is 15.2. The first-order valence-corrected chi connectivity index (χ1v) is 11.6. The van der Waals surface area contributed by atoms with Crippen molar-refractivity contribution < 1.29 is 14.3 Å². The number of amides is 1. The molecule has 1 aliphatic rings. The quantitative estimate of drug-likeness (QED) is 0.544. The summed E-state index contributed by atoms with van der Waals surface area (Å²) in [7, 11) is 0. The summed E-state index contributed by atoms with van der Waals surface area (Å²) in [5.41, 5.74) is 8.16. The van der Waals surface area contributed by atoms with E-state index in [2.05, 4.69) is 19.2 Å². The van der Waals surface area contributed by atoms with Crippen molar-refractivity contribution in [1.82, 2.24) is 10.2 Å². The Bertz CT molecular complexity index is 892. The number of benzene rings is 2. The van der Waals surface area contributed by atoms with Crippen molar-refractivity contribution >= 4 is 17.5 Å². The number of ether oxygens (including phenoxy) is 2. The molecule has 3 N–H and O–H groups in total. The van der Waals surface area contributed by atoms with Crippen LogP contribution in [0.3, 0.4) is 0 Å². The second-order valence-electron chi connectivity index (χ2n) is 8.77. The number of rotatable bonds is 9. The van der Waals surface area contributed by atoms with Crippen molar-refractivity contribution in [3.8, 4) is 11.5 Å². The summed E-state index contributed by atoms with van der Waals surface area (Å²) in [4.78, 5) is 15.2. The molecule has 2 aromatic carbocycles. The lowest BCUT2D eigenvalue weighted by atomic mass is 10.1. The fraction of sp³-hybridized carbons (Fsp3) is 0.480. The summed E-state index contributed by atoms with van der Waals surface area (Å²) in [6.07, 6.45) is 0.499. The molecule has 174 valence electrons. The van der Waals surface area contributed by atoms with Crippen LogP contribution in [-0.4, -0.2) is 37.1 Å². The number of hydrogen-bond donors (Lipinski definition) is 2. The van der Waals surface area contributed by atoms with Gasteiger partial charge in [-0.15, -0.1) is 0 Å². The van der Waals surface area contributed by atoms with Gasteiger partial charge in [0.2, 0.25) is 5.91 Å². The summed E-state index contributed by atoms with van der Waals surface area (Å²) in [5.74, 6) is 1.42. The average molecular weight is 460 g/mol. The zero-order valence-electron chi connectivity index (χ0n) is 19.1. The van der Waals surface area contributed by atoms with Gasteiger partial charge in [0, 0.05) is 32.0 Å². The minimum absolute atomic E-state index is 0.0784. The molecule has 2 atom stereocenters. The molecule has 32 heavy (non-hydrogen) atoms. The van der Waals surface area contributed by atoms with Crippen LogP contribution in [-0.2, 0) is 11.3 Å². The smallest absolute Gasteiger partial charge is 0.226 e. The number of nitrogens with zero attached hydrogens (tertiary/aromatic N) is 1. The Hall–Kier alpha value is -2.28. The van der Waals surface area contributed by atoms with E-state index in [-0.39, 0.29) is 18.0 Å². The first kappa shape index (κ1) is 24.4. The van der Waals surface area contributed by atoms with Gasteiger partial charge in [0.25, 0.3) is 0 Å². The van der Waals surface area contributed by atoms with Crippen molar-refractivity contribution in [1.29, 1.82) is 0 Å². The minimum atomic E-state index is -0.314. The van der Waals surface area contributed by atoms with Crippen molar-refractivity contribution in [3.05, 3.63) is 58.6 Å². The highest BCUT2D eigenvalue weighted by Gasteiger charge is 2.24. The molecule has 1 aliphatic heterocycles. The van der Waals surface area contributed by atoms with Crippen molar-refractivity contribution in [3.63, 3.8) is 0 Å². The van der Waals surface area contributed by atoms with Gasteiger partial charge in [-0.1, -0.05) is 62.7 Å². The molecule has 2 aromatic rings. The van der Waals surface area contributed by atoms with Gasteiger partial charge in [0.15, 0.2) is 11.5 Å². The van der Waals surface area contributed by atoms with Crippen LogP contribution >= 0.6 is 11.6 Å². The molecule has 1 heterocycles. The van der Waals surface area contributed by atoms with Crippen LogP contribution in [0.15, 0.2) is 42.5 Å². The first-order chi connectivity index (χ1) is 15.3. The summed E-state index contributed by atoms with van der Waals surface area (Å²) in [5, 5.41) is 3.80. The van der Waals surface area contributed by atoms with Gasteiger partial charge in [-0.3, -0.25) is 10.1 Å². The highest BCUT2D eigenvalue weighted by molar-refractivity contribution is 6.32. The van der Waals surface area contributed by atoms with E-state index >= 15 is 0 Å². The van der Waals surface area contributed by atoms with Crippen molar-refractivity contribution in [2.45, 2.75) is 39.9 Å². The van der Waals surface area contributed by atoms with Crippen molar-refractivity contribution in [2.75, 3.05) is 26.3 Å². The molecule has 0 radical (unpaired) electrons. The van der Waals surface area contributed by atoms with E-state index in [1.807, 2.05) is 54.3 Å². The van der Waals surface area contributed by atoms with Crippen LogP contribution in [0.2, 0.25) is 5.02 Å². The lowest BCUT2D eigenvalue weighted by molar-refractivity contribution is -0.136. The van der Waals surface area contributed by atoms with Crippen LogP contribution in [0, 0.1) is 11.8 Å².